The molecular weight excluding hydrogens is 172 g/mol. The van der Waals surface area contributed by atoms with E-state index in [4.69, 9.17) is 6.42 Å². The van der Waals surface area contributed by atoms with Gasteiger partial charge in [-0.05, 0) is 33.6 Å². The van der Waals surface area contributed by atoms with Gasteiger partial charge in [0, 0.05) is 6.42 Å². The van der Waals surface area contributed by atoms with Crippen molar-refractivity contribution < 1.29 is 5.11 Å². The SMILES string of the molecule is C#CC[C@@H](O)/C=C(\C)CCC=C(C)C. The Bertz CT molecular complexity index is 249. The molecule has 1 N–H and O–H groups in total. The van der Waals surface area contributed by atoms with Crippen LogP contribution in [0.3, 0.4) is 0 Å². The highest BCUT2D eigenvalue weighted by molar-refractivity contribution is 5.06. The van der Waals surface area contributed by atoms with Crippen LogP contribution in [-0.4, -0.2) is 11.2 Å². The molecule has 14 heavy (non-hydrogen) atoms. The fraction of sp³-hybridized carbons (Fsp3) is 0.538. The molecule has 0 saturated carbocycles. The van der Waals surface area contributed by atoms with Crippen LogP contribution < -0.4 is 0 Å². The predicted octanol–water partition coefficient (Wildman–Crippen LogP) is 3.06. The summed E-state index contributed by atoms with van der Waals surface area (Å²) in [6, 6.07) is 0. The molecule has 0 aromatic rings. The summed E-state index contributed by atoms with van der Waals surface area (Å²) in [5, 5.41) is 9.39. The van der Waals surface area contributed by atoms with E-state index in [0.29, 0.717) is 6.42 Å². The molecule has 0 aromatic heterocycles. The van der Waals surface area contributed by atoms with Gasteiger partial charge in [0.05, 0.1) is 6.10 Å². The van der Waals surface area contributed by atoms with Crippen LogP contribution >= 0.6 is 0 Å². The first-order valence-electron chi connectivity index (χ1n) is 4.98. The molecule has 0 aromatic carbocycles. The van der Waals surface area contributed by atoms with Gasteiger partial charge in [0.25, 0.3) is 0 Å². The summed E-state index contributed by atoms with van der Waals surface area (Å²) in [7, 11) is 0. The lowest BCUT2D eigenvalue weighted by molar-refractivity contribution is 0.228. The van der Waals surface area contributed by atoms with E-state index in [1.165, 1.54) is 11.1 Å². The van der Waals surface area contributed by atoms with E-state index in [0.717, 1.165) is 12.8 Å². The second-order valence-electron chi connectivity index (χ2n) is 3.81. The minimum absolute atomic E-state index is 0.403. The molecule has 0 spiro atoms. The van der Waals surface area contributed by atoms with E-state index in [2.05, 4.69) is 25.8 Å². The highest BCUT2D eigenvalue weighted by atomic mass is 16.3. The van der Waals surface area contributed by atoms with Gasteiger partial charge in [-0.2, -0.15) is 0 Å². The standard InChI is InChI=1S/C13H20O/c1-5-7-13(14)10-12(4)9-6-8-11(2)3/h1,8,10,13-14H,6-7,9H2,2-4H3/b12-10+/t13-/m1/s1. The van der Waals surface area contributed by atoms with Gasteiger partial charge < -0.3 is 5.11 Å². The summed E-state index contributed by atoms with van der Waals surface area (Å²) < 4.78 is 0. The van der Waals surface area contributed by atoms with Crippen molar-refractivity contribution >= 4 is 0 Å². The number of hydrogen-bond acceptors (Lipinski definition) is 1. The lowest BCUT2D eigenvalue weighted by atomic mass is 10.1. The molecule has 78 valence electrons. The maximum absolute atomic E-state index is 9.39. The smallest absolute Gasteiger partial charge is 0.0832 e. The average Bonchev–Trinajstić information content (AvgIpc) is 2.03. The number of rotatable bonds is 5. The number of aliphatic hydroxyl groups excluding tert-OH is 1. The van der Waals surface area contributed by atoms with Crippen LogP contribution in [0.4, 0.5) is 0 Å². The van der Waals surface area contributed by atoms with Crippen molar-refractivity contribution in [1.82, 2.24) is 0 Å². The molecule has 0 heterocycles. The van der Waals surface area contributed by atoms with E-state index >= 15 is 0 Å². The monoisotopic (exact) mass is 192 g/mol. The Morgan fingerprint density at radius 2 is 2.07 bits per heavy atom. The van der Waals surface area contributed by atoms with Gasteiger partial charge in [0.2, 0.25) is 0 Å². The fourth-order valence-corrected chi connectivity index (χ4v) is 1.18. The lowest BCUT2D eigenvalue weighted by Crippen LogP contribution is -2.00. The topological polar surface area (TPSA) is 20.2 Å². The number of aliphatic hydroxyl groups is 1. The van der Waals surface area contributed by atoms with Gasteiger partial charge in [-0.1, -0.05) is 23.3 Å². The summed E-state index contributed by atoms with van der Waals surface area (Å²) in [5.41, 5.74) is 2.53. The van der Waals surface area contributed by atoms with E-state index in [-0.39, 0.29) is 0 Å². The first kappa shape index (κ1) is 13.0. The van der Waals surface area contributed by atoms with Gasteiger partial charge in [-0.15, -0.1) is 12.3 Å². The van der Waals surface area contributed by atoms with Gasteiger partial charge in [0.1, 0.15) is 0 Å². The normalized spacial score (nSPS) is 13.2. The second kappa shape index (κ2) is 7.41. The van der Waals surface area contributed by atoms with E-state index < -0.39 is 6.10 Å². The zero-order valence-corrected chi connectivity index (χ0v) is 9.38. The molecule has 0 fully saturated rings. The minimum Gasteiger partial charge on any atom is -0.388 e. The summed E-state index contributed by atoms with van der Waals surface area (Å²) in [6.07, 6.45) is 11.1. The molecule has 0 radical (unpaired) electrons. The Hall–Kier alpha value is -1.00. The molecule has 0 aliphatic rings. The summed E-state index contributed by atoms with van der Waals surface area (Å²) in [5.74, 6) is 2.44. The van der Waals surface area contributed by atoms with Crippen LogP contribution in [0.1, 0.15) is 40.0 Å². The fourth-order valence-electron chi connectivity index (χ4n) is 1.18. The second-order valence-corrected chi connectivity index (χ2v) is 3.81. The Kier molecular flexibility index (Phi) is 6.88. The number of terminal acetylenes is 1. The zero-order chi connectivity index (χ0) is 11.0. The van der Waals surface area contributed by atoms with Crippen molar-refractivity contribution in [3.8, 4) is 12.3 Å². The molecule has 1 heteroatoms. The molecule has 1 nitrogen and oxygen atoms in total. The van der Waals surface area contributed by atoms with E-state index in [1.54, 1.807) is 0 Å². The Morgan fingerprint density at radius 3 is 2.57 bits per heavy atom. The van der Waals surface area contributed by atoms with Gasteiger partial charge in [-0.25, -0.2) is 0 Å². The molecule has 0 aliphatic carbocycles. The maximum atomic E-state index is 9.39. The molecule has 0 rings (SSSR count). The Balaban J connectivity index is 3.89. The van der Waals surface area contributed by atoms with Crippen LogP contribution in [0, 0.1) is 12.3 Å². The molecular formula is C13H20O. The van der Waals surface area contributed by atoms with Crippen LogP contribution in [0.15, 0.2) is 23.3 Å². The van der Waals surface area contributed by atoms with Crippen molar-refractivity contribution in [3.63, 3.8) is 0 Å². The van der Waals surface area contributed by atoms with Gasteiger partial charge in [0.15, 0.2) is 0 Å². The predicted molar refractivity (Wildman–Crippen MR) is 61.9 cm³/mol. The van der Waals surface area contributed by atoms with Crippen molar-refractivity contribution in [3.05, 3.63) is 23.3 Å². The maximum Gasteiger partial charge on any atom is 0.0832 e. The lowest BCUT2D eigenvalue weighted by Gasteiger charge is -2.03. The van der Waals surface area contributed by atoms with Gasteiger partial charge >= 0.3 is 0 Å². The first-order chi connectivity index (χ1) is 6.56. The Morgan fingerprint density at radius 1 is 1.43 bits per heavy atom. The minimum atomic E-state index is -0.480. The quantitative estimate of drug-likeness (QED) is 0.524. The van der Waals surface area contributed by atoms with Crippen LogP contribution in [0.5, 0.6) is 0 Å². The summed E-state index contributed by atoms with van der Waals surface area (Å²) in [6.45, 7) is 6.21. The third-order valence-corrected chi connectivity index (χ3v) is 1.90. The van der Waals surface area contributed by atoms with Crippen LogP contribution in [0.2, 0.25) is 0 Å². The third-order valence-electron chi connectivity index (χ3n) is 1.90. The van der Waals surface area contributed by atoms with Crippen LogP contribution in [0.25, 0.3) is 0 Å². The van der Waals surface area contributed by atoms with Crippen molar-refractivity contribution in [1.29, 1.82) is 0 Å². The van der Waals surface area contributed by atoms with Crippen molar-refractivity contribution in [2.75, 3.05) is 0 Å². The third kappa shape index (κ3) is 7.64. The average molecular weight is 192 g/mol. The summed E-state index contributed by atoms with van der Waals surface area (Å²) in [4.78, 5) is 0. The zero-order valence-electron chi connectivity index (χ0n) is 9.38. The number of allylic oxidation sites excluding steroid dienone is 3. The first-order valence-corrected chi connectivity index (χ1v) is 4.98. The molecule has 0 aliphatic heterocycles. The summed E-state index contributed by atoms with van der Waals surface area (Å²) >= 11 is 0. The molecule has 0 amide bonds. The largest absolute Gasteiger partial charge is 0.388 e. The Labute approximate surface area is 87.5 Å². The van der Waals surface area contributed by atoms with Gasteiger partial charge in [-0.3, -0.25) is 0 Å². The molecule has 0 bridgehead atoms. The van der Waals surface area contributed by atoms with Crippen molar-refractivity contribution in [2.24, 2.45) is 0 Å². The highest BCUT2D eigenvalue weighted by Crippen LogP contribution is 2.08. The van der Waals surface area contributed by atoms with E-state index in [9.17, 15) is 5.11 Å². The highest BCUT2D eigenvalue weighted by Gasteiger charge is 1.97. The number of hydrogen-bond donors (Lipinski definition) is 1. The molecule has 0 saturated heterocycles. The van der Waals surface area contributed by atoms with Crippen molar-refractivity contribution in [2.45, 2.75) is 46.1 Å². The van der Waals surface area contributed by atoms with Crippen LogP contribution in [-0.2, 0) is 0 Å². The molecule has 1 atom stereocenters. The van der Waals surface area contributed by atoms with E-state index in [1.807, 2.05) is 13.0 Å². The molecule has 0 unspecified atom stereocenters.